The molecular weight excluding hydrogens is 277 g/mol. The van der Waals surface area contributed by atoms with Crippen LogP contribution in [0.5, 0.6) is 0 Å². The van der Waals surface area contributed by atoms with E-state index in [1.54, 1.807) is 12.1 Å². The number of nitrogens with one attached hydrogen (secondary N) is 1. The van der Waals surface area contributed by atoms with Crippen molar-refractivity contribution in [3.05, 3.63) is 33.8 Å². The highest BCUT2D eigenvalue weighted by Crippen LogP contribution is 2.25. The van der Waals surface area contributed by atoms with Gasteiger partial charge >= 0.3 is 0 Å². The number of Topliss-reactive ketones (excluding diaryl/α,β-unsaturated/α-hetero) is 1. The lowest BCUT2D eigenvalue weighted by Gasteiger charge is -2.14. The van der Waals surface area contributed by atoms with Crippen LogP contribution in [0.15, 0.2) is 18.2 Å². The third kappa shape index (κ3) is 3.55. The fourth-order valence-corrected chi connectivity index (χ4v) is 1.72. The van der Waals surface area contributed by atoms with E-state index < -0.39 is 11.9 Å². The predicted molar refractivity (Wildman–Crippen MR) is 69.1 cm³/mol. The van der Waals surface area contributed by atoms with E-state index >= 15 is 0 Å². The highest BCUT2D eigenvalue weighted by Gasteiger charge is 2.19. The van der Waals surface area contributed by atoms with E-state index in [-0.39, 0.29) is 27.8 Å². The Bertz CT molecular complexity index is 488. The van der Waals surface area contributed by atoms with Gasteiger partial charge in [0.2, 0.25) is 0 Å². The van der Waals surface area contributed by atoms with Gasteiger partial charge in [-0.15, -0.1) is 0 Å². The molecular formula is C12H11Cl2NO3. The number of benzene rings is 1. The molecule has 0 aromatic heterocycles. The Labute approximate surface area is 114 Å². The zero-order valence-electron chi connectivity index (χ0n) is 9.57. The van der Waals surface area contributed by atoms with Gasteiger partial charge in [-0.25, -0.2) is 0 Å². The average molecular weight is 288 g/mol. The molecule has 0 aliphatic carbocycles. The van der Waals surface area contributed by atoms with Gasteiger partial charge in [0.15, 0.2) is 5.78 Å². The van der Waals surface area contributed by atoms with Gasteiger partial charge in [-0.3, -0.25) is 9.59 Å². The second-order valence-electron chi connectivity index (χ2n) is 3.64. The van der Waals surface area contributed by atoms with E-state index in [1.807, 2.05) is 0 Å². The monoisotopic (exact) mass is 287 g/mol. The lowest BCUT2D eigenvalue weighted by molar-refractivity contribution is -0.120. The summed E-state index contributed by atoms with van der Waals surface area (Å²) in [5.74, 6) is -0.835. The van der Waals surface area contributed by atoms with Crippen LogP contribution in [-0.2, 0) is 9.59 Å². The minimum absolute atomic E-state index is 0.0702. The van der Waals surface area contributed by atoms with E-state index in [0.29, 0.717) is 6.29 Å². The maximum atomic E-state index is 11.9. The first-order valence-corrected chi connectivity index (χ1v) is 5.92. The van der Waals surface area contributed by atoms with Crippen molar-refractivity contribution in [2.45, 2.75) is 19.4 Å². The summed E-state index contributed by atoms with van der Waals surface area (Å²) in [5, 5.41) is 2.80. The van der Waals surface area contributed by atoms with Crippen LogP contribution in [0.3, 0.4) is 0 Å². The summed E-state index contributed by atoms with van der Waals surface area (Å²) in [6, 6.07) is 3.77. The Balaban J connectivity index is 2.90. The quantitative estimate of drug-likeness (QED) is 0.845. The molecule has 6 heteroatoms. The molecule has 1 atom stereocenters. The number of rotatable bonds is 5. The summed E-state index contributed by atoms with van der Waals surface area (Å²) >= 11 is 11.7. The van der Waals surface area contributed by atoms with Crippen LogP contribution in [0, 0.1) is 0 Å². The molecule has 0 saturated carbocycles. The van der Waals surface area contributed by atoms with Crippen LogP contribution < -0.4 is 5.32 Å². The Morgan fingerprint density at radius 3 is 2.61 bits per heavy atom. The zero-order chi connectivity index (χ0) is 13.7. The van der Waals surface area contributed by atoms with Crippen LogP contribution in [-0.4, -0.2) is 24.0 Å². The standard InChI is InChI=1S/C12H11Cl2NO3/c1-7(17)10(5-6-16)15-12(18)8-3-2-4-9(13)11(8)14/h2-4,6,10H,5H2,1H3,(H,15,18). The van der Waals surface area contributed by atoms with Crippen molar-refractivity contribution in [2.75, 3.05) is 0 Å². The molecule has 0 bridgehead atoms. The number of ketones is 1. The highest BCUT2D eigenvalue weighted by molar-refractivity contribution is 6.43. The Hall–Kier alpha value is -1.39. The topological polar surface area (TPSA) is 63.2 Å². The summed E-state index contributed by atoms with van der Waals surface area (Å²) in [6.45, 7) is 1.30. The van der Waals surface area contributed by atoms with Crippen LogP contribution in [0.4, 0.5) is 0 Å². The SMILES string of the molecule is CC(=O)C(CC=O)NC(=O)c1cccc(Cl)c1Cl. The van der Waals surface area contributed by atoms with Crippen molar-refractivity contribution in [3.8, 4) is 0 Å². The minimum Gasteiger partial charge on any atom is -0.342 e. The van der Waals surface area contributed by atoms with Gasteiger partial charge < -0.3 is 10.1 Å². The van der Waals surface area contributed by atoms with Gasteiger partial charge in [0.05, 0.1) is 21.7 Å². The van der Waals surface area contributed by atoms with Gasteiger partial charge in [0.25, 0.3) is 5.91 Å². The largest absolute Gasteiger partial charge is 0.342 e. The normalized spacial score (nSPS) is 11.7. The molecule has 1 aromatic rings. The van der Waals surface area contributed by atoms with Gasteiger partial charge in [0.1, 0.15) is 6.29 Å². The summed E-state index contributed by atoms with van der Waals surface area (Å²) < 4.78 is 0. The summed E-state index contributed by atoms with van der Waals surface area (Å²) in [5.41, 5.74) is 0.168. The molecule has 18 heavy (non-hydrogen) atoms. The van der Waals surface area contributed by atoms with Crippen molar-refractivity contribution in [2.24, 2.45) is 0 Å². The molecule has 0 heterocycles. The Morgan fingerprint density at radius 1 is 1.39 bits per heavy atom. The van der Waals surface area contributed by atoms with E-state index in [9.17, 15) is 14.4 Å². The van der Waals surface area contributed by atoms with Crippen LogP contribution >= 0.6 is 23.2 Å². The molecule has 4 nitrogen and oxygen atoms in total. The third-order valence-electron chi connectivity index (χ3n) is 2.32. The molecule has 1 amide bonds. The molecule has 1 rings (SSSR count). The van der Waals surface area contributed by atoms with Crippen molar-refractivity contribution >= 4 is 41.2 Å². The molecule has 1 aromatic carbocycles. The number of hydrogen-bond acceptors (Lipinski definition) is 3. The van der Waals surface area contributed by atoms with E-state index in [4.69, 9.17) is 23.2 Å². The molecule has 0 aliphatic rings. The molecule has 1 unspecified atom stereocenters. The van der Waals surface area contributed by atoms with Gasteiger partial charge in [-0.2, -0.15) is 0 Å². The van der Waals surface area contributed by atoms with Crippen molar-refractivity contribution in [3.63, 3.8) is 0 Å². The first-order chi connectivity index (χ1) is 8.47. The molecule has 0 radical (unpaired) electrons. The van der Waals surface area contributed by atoms with E-state index in [2.05, 4.69) is 5.32 Å². The predicted octanol–water partition coefficient (Wildman–Crippen LogP) is 2.27. The number of carbonyl (C=O) groups excluding carboxylic acids is 3. The second-order valence-corrected chi connectivity index (χ2v) is 4.43. The third-order valence-corrected chi connectivity index (χ3v) is 3.14. The number of amides is 1. The van der Waals surface area contributed by atoms with Gasteiger partial charge in [-0.05, 0) is 19.1 Å². The molecule has 0 spiro atoms. The lowest BCUT2D eigenvalue weighted by atomic mass is 10.1. The van der Waals surface area contributed by atoms with Crippen LogP contribution in [0.1, 0.15) is 23.7 Å². The highest BCUT2D eigenvalue weighted by atomic mass is 35.5. The summed E-state index contributed by atoms with van der Waals surface area (Å²) in [6.07, 6.45) is 0.505. The van der Waals surface area contributed by atoms with Crippen LogP contribution in [0.2, 0.25) is 10.0 Å². The van der Waals surface area contributed by atoms with Crippen LogP contribution in [0.25, 0.3) is 0 Å². The van der Waals surface area contributed by atoms with Crippen molar-refractivity contribution in [1.82, 2.24) is 5.32 Å². The maximum Gasteiger partial charge on any atom is 0.253 e. The fraction of sp³-hybridized carbons (Fsp3) is 0.250. The summed E-state index contributed by atoms with van der Waals surface area (Å²) in [7, 11) is 0. The lowest BCUT2D eigenvalue weighted by Crippen LogP contribution is -2.40. The molecule has 0 aliphatic heterocycles. The molecule has 96 valence electrons. The zero-order valence-corrected chi connectivity index (χ0v) is 11.1. The number of carbonyl (C=O) groups is 3. The maximum absolute atomic E-state index is 11.9. The van der Waals surface area contributed by atoms with E-state index in [1.165, 1.54) is 13.0 Å². The second kappa shape index (κ2) is 6.52. The number of halogens is 2. The van der Waals surface area contributed by atoms with Gasteiger partial charge in [-0.1, -0.05) is 29.3 Å². The first kappa shape index (κ1) is 14.7. The van der Waals surface area contributed by atoms with Crippen molar-refractivity contribution in [1.29, 1.82) is 0 Å². The minimum atomic E-state index is -0.843. The fourth-order valence-electron chi connectivity index (χ4n) is 1.34. The van der Waals surface area contributed by atoms with Gasteiger partial charge in [0, 0.05) is 6.42 Å². The number of hydrogen-bond donors (Lipinski definition) is 1. The molecule has 0 fully saturated rings. The molecule has 0 saturated heterocycles. The Morgan fingerprint density at radius 2 is 2.06 bits per heavy atom. The summed E-state index contributed by atoms with van der Waals surface area (Å²) in [4.78, 5) is 33.5. The van der Waals surface area contributed by atoms with E-state index in [0.717, 1.165) is 0 Å². The Kier molecular flexibility index (Phi) is 5.31. The number of aldehydes is 1. The smallest absolute Gasteiger partial charge is 0.253 e. The first-order valence-electron chi connectivity index (χ1n) is 5.16. The average Bonchev–Trinajstić information content (AvgIpc) is 2.31. The molecule has 1 N–H and O–H groups in total. The van der Waals surface area contributed by atoms with Crippen molar-refractivity contribution < 1.29 is 14.4 Å².